The van der Waals surface area contributed by atoms with Gasteiger partial charge in [0.1, 0.15) is 6.33 Å². The summed E-state index contributed by atoms with van der Waals surface area (Å²) in [6.07, 6.45) is 5.04. The van der Waals surface area contributed by atoms with Crippen molar-refractivity contribution in [3.8, 4) is 11.9 Å². The van der Waals surface area contributed by atoms with E-state index in [0.29, 0.717) is 11.9 Å². The molecule has 19 heavy (non-hydrogen) atoms. The Kier molecular flexibility index (Phi) is 2.48. The molecule has 0 amide bonds. The van der Waals surface area contributed by atoms with Crippen molar-refractivity contribution in [2.45, 2.75) is 13.8 Å². The lowest BCUT2D eigenvalue weighted by molar-refractivity contribution is 0.773. The summed E-state index contributed by atoms with van der Waals surface area (Å²) in [4.78, 5) is 16.7. The molecule has 96 valence electrons. The summed E-state index contributed by atoms with van der Waals surface area (Å²) < 4.78 is 3.29. The van der Waals surface area contributed by atoms with Gasteiger partial charge in [0.25, 0.3) is 5.95 Å². The van der Waals surface area contributed by atoms with Crippen molar-refractivity contribution in [1.29, 1.82) is 0 Å². The maximum atomic E-state index is 5.72. The van der Waals surface area contributed by atoms with Crippen LogP contribution < -0.4 is 5.73 Å². The van der Waals surface area contributed by atoms with Crippen LogP contribution in [0.2, 0.25) is 0 Å². The van der Waals surface area contributed by atoms with Crippen molar-refractivity contribution >= 4 is 5.95 Å². The number of nitrogens with two attached hydrogens (primary N) is 1. The van der Waals surface area contributed by atoms with Crippen LogP contribution in [0.4, 0.5) is 5.95 Å². The lowest BCUT2D eigenvalue weighted by atomic mass is 10.4. The molecule has 0 spiro atoms. The van der Waals surface area contributed by atoms with Crippen molar-refractivity contribution < 1.29 is 0 Å². The average Bonchev–Trinajstić information content (AvgIpc) is 3.01. The first-order valence-corrected chi connectivity index (χ1v) is 5.67. The summed E-state index contributed by atoms with van der Waals surface area (Å²) in [5, 5.41) is 4.07. The molecule has 3 aromatic heterocycles. The number of anilines is 1. The lowest BCUT2D eigenvalue weighted by Gasteiger charge is -2.06. The maximum Gasteiger partial charge on any atom is 0.257 e. The molecular formula is C11H12N8. The number of hydrogen-bond acceptors (Lipinski definition) is 6. The molecule has 0 fully saturated rings. The van der Waals surface area contributed by atoms with Gasteiger partial charge in [0.05, 0.1) is 5.69 Å². The zero-order valence-electron chi connectivity index (χ0n) is 10.5. The highest BCUT2D eigenvalue weighted by molar-refractivity contribution is 5.30. The molecule has 0 saturated carbocycles. The summed E-state index contributed by atoms with van der Waals surface area (Å²) >= 11 is 0. The fraction of sp³-hybridized carbons (Fsp3) is 0.182. The number of aryl methyl sites for hydroxylation is 1. The minimum Gasteiger partial charge on any atom is -0.368 e. The zero-order chi connectivity index (χ0) is 13.4. The average molecular weight is 256 g/mol. The molecule has 0 aromatic carbocycles. The standard InChI is InChI=1S/C11H12N8/c1-7-8(2)18(6-13-7)10-15-9(12)16-11(17-10)19-5-3-4-14-19/h3-6H,1-2H3,(H2,12,15,16,17). The normalized spacial score (nSPS) is 10.8. The monoisotopic (exact) mass is 256 g/mol. The number of nitrogen functional groups attached to an aromatic ring is 1. The number of aromatic nitrogens is 7. The van der Waals surface area contributed by atoms with Crippen LogP contribution in [0.3, 0.4) is 0 Å². The van der Waals surface area contributed by atoms with Gasteiger partial charge in [-0.05, 0) is 19.9 Å². The van der Waals surface area contributed by atoms with Crippen LogP contribution in [0.5, 0.6) is 0 Å². The molecule has 8 heteroatoms. The lowest BCUT2D eigenvalue weighted by Crippen LogP contribution is -2.11. The minimum absolute atomic E-state index is 0.140. The SMILES string of the molecule is Cc1ncn(-c2nc(N)nc(-n3cccn3)n2)c1C. The number of rotatable bonds is 2. The van der Waals surface area contributed by atoms with Crippen molar-refractivity contribution in [3.05, 3.63) is 36.2 Å². The summed E-state index contributed by atoms with van der Waals surface area (Å²) in [7, 11) is 0. The van der Waals surface area contributed by atoms with E-state index in [0.717, 1.165) is 11.4 Å². The van der Waals surface area contributed by atoms with Gasteiger partial charge in [-0.2, -0.15) is 20.1 Å². The summed E-state index contributed by atoms with van der Waals surface area (Å²) in [5.74, 6) is 0.940. The van der Waals surface area contributed by atoms with Crippen molar-refractivity contribution in [3.63, 3.8) is 0 Å². The van der Waals surface area contributed by atoms with E-state index in [-0.39, 0.29) is 5.95 Å². The molecule has 0 radical (unpaired) electrons. The largest absolute Gasteiger partial charge is 0.368 e. The van der Waals surface area contributed by atoms with Crippen LogP contribution in [0.1, 0.15) is 11.4 Å². The quantitative estimate of drug-likeness (QED) is 0.714. The second-order valence-corrected chi connectivity index (χ2v) is 4.03. The summed E-state index contributed by atoms with van der Waals surface area (Å²) in [6.45, 7) is 3.86. The van der Waals surface area contributed by atoms with E-state index in [4.69, 9.17) is 5.73 Å². The fourth-order valence-electron chi connectivity index (χ4n) is 1.67. The maximum absolute atomic E-state index is 5.72. The van der Waals surface area contributed by atoms with Gasteiger partial charge in [0, 0.05) is 18.1 Å². The first-order chi connectivity index (χ1) is 9.15. The van der Waals surface area contributed by atoms with E-state index in [9.17, 15) is 0 Å². The number of hydrogen-bond donors (Lipinski definition) is 1. The first-order valence-electron chi connectivity index (χ1n) is 5.67. The molecule has 3 rings (SSSR count). The van der Waals surface area contributed by atoms with Crippen LogP contribution in [-0.2, 0) is 0 Å². The highest BCUT2D eigenvalue weighted by atomic mass is 15.4. The zero-order valence-corrected chi connectivity index (χ0v) is 10.5. The molecule has 3 heterocycles. The van der Waals surface area contributed by atoms with Gasteiger partial charge in [-0.25, -0.2) is 9.67 Å². The highest BCUT2D eigenvalue weighted by Gasteiger charge is 2.11. The van der Waals surface area contributed by atoms with Crippen molar-refractivity contribution in [2.24, 2.45) is 0 Å². The Balaban J connectivity index is 2.15. The Morgan fingerprint density at radius 2 is 1.89 bits per heavy atom. The minimum atomic E-state index is 0.140. The third-order valence-electron chi connectivity index (χ3n) is 2.81. The van der Waals surface area contributed by atoms with Crippen molar-refractivity contribution in [1.82, 2.24) is 34.3 Å². The Bertz CT molecular complexity index is 712. The van der Waals surface area contributed by atoms with Gasteiger partial charge in [-0.1, -0.05) is 0 Å². The molecule has 0 bridgehead atoms. The van der Waals surface area contributed by atoms with Crippen LogP contribution >= 0.6 is 0 Å². The van der Waals surface area contributed by atoms with Gasteiger partial charge >= 0.3 is 0 Å². The third-order valence-corrected chi connectivity index (χ3v) is 2.81. The van der Waals surface area contributed by atoms with Gasteiger partial charge in [0.15, 0.2) is 0 Å². The molecule has 0 unspecified atom stereocenters. The smallest absolute Gasteiger partial charge is 0.257 e. The predicted octanol–water partition coefficient (Wildman–Crippen LogP) is 0.442. The van der Waals surface area contributed by atoms with Gasteiger partial charge in [-0.15, -0.1) is 0 Å². The Labute approximate surface area is 109 Å². The van der Waals surface area contributed by atoms with E-state index < -0.39 is 0 Å². The van der Waals surface area contributed by atoms with Crippen LogP contribution in [0.25, 0.3) is 11.9 Å². The second-order valence-electron chi connectivity index (χ2n) is 4.03. The van der Waals surface area contributed by atoms with E-state index in [1.165, 1.54) is 4.68 Å². The molecule has 8 nitrogen and oxygen atoms in total. The van der Waals surface area contributed by atoms with Gasteiger partial charge < -0.3 is 5.73 Å². The molecule has 2 N–H and O–H groups in total. The van der Waals surface area contributed by atoms with Crippen LogP contribution in [0, 0.1) is 13.8 Å². The Morgan fingerprint density at radius 1 is 1.11 bits per heavy atom. The topological polar surface area (TPSA) is 100 Å². The third kappa shape index (κ3) is 1.92. The van der Waals surface area contributed by atoms with Crippen LogP contribution in [-0.4, -0.2) is 34.3 Å². The van der Waals surface area contributed by atoms with E-state index in [1.54, 1.807) is 29.4 Å². The summed E-state index contributed by atoms with van der Waals surface area (Å²) in [5.41, 5.74) is 7.59. The molecular weight excluding hydrogens is 244 g/mol. The molecule has 0 aliphatic carbocycles. The van der Waals surface area contributed by atoms with Gasteiger partial charge in [0.2, 0.25) is 11.9 Å². The summed E-state index contributed by atoms with van der Waals surface area (Å²) in [6, 6.07) is 1.78. The van der Waals surface area contributed by atoms with Gasteiger partial charge in [-0.3, -0.25) is 4.57 Å². The van der Waals surface area contributed by atoms with E-state index in [2.05, 4.69) is 25.0 Å². The van der Waals surface area contributed by atoms with E-state index >= 15 is 0 Å². The Hall–Kier alpha value is -2.77. The molecule has 0 aliphatic heterocycles. The molecule has 0 aliphatic rings. The molecule has 3 aromatic rings. The number of nitrogens with zero attached hydrogens (tertiary/aromatic N) is 7. The number of imidazole rings is 1. The van der Waals surface area contributed by atoms with E-state index in [1.807, 2.05) is 13.8 Å². The van der Waals surface area contributed by atoms with Crippen molar-refractivity contribution in [2.75, 3.05) is 5.73 Å². The highest BCUT2D eigenvalue weighted by Crippen LogP contribution is 2.11. The second kappa shape index (κ2) is 4.16. The first kappa shape index (κ1) is 11.3. The van der Waals surface area contributed by atoms with Crippen LogP contribution in [0.15, 0.2) is 24.8 Å². The molecule has 0 saturated heterocycles. The Morgan fingerprint density at radius 3 is 2.53 bits per heavy atom. The fourth-order valence-corrected chi connectivity index (χ4v) is 1.67. The predicted molar refractivity (Wildman–Crippen MR) is 68.0 cm³/mol. The molecule has 0 atom stereocenters.